The maximum absolute atomic E-state index is 7.83. The summed E-state index contributed by atoms with van der Waals surface area (Å²) >= 11 is 5.22. The Bertz CT molecular complexity index is 94.6. The maximum Gasteiger partial charge on any atom is 0.0924 e. The Morgan fingerprint density at radius 1 is 2.00 bits per heavy atom. The van der Waals surface area contributed by atoms with Gasteiger partial charge in [0.2, 0.25) is 0 Å². The predicted molar refractivity (Wildman–Crippen MR) is 25.2 cm³/mol. The summed E-state index contributed by atoms with van der Waals surface area (Å²) < 4.78 is 0. The second-order valence-electron chi connectivity index (χ2n) is 0.860. The van der Waals surface area contributed by atoms with Crippen LogP contribution in [-0.2, 0) is 0 Å². The zero-order valence-electron chi connectivity index (χ0n) is 3.40. The highest BCUT2D eigenvalue weighted by molar-refractivity contribution is 6.29. The van der Waals surface area contributed by atoms with Crippen molar-refractivity contribution in [1.29, 1.82) is 5.26 Å². The molecule has 0 fully saturated rings. The lowest BCUT2D eigenvalue weighted by Crippen LogP contribution is -1.49. The minimum atomic E-state index is 0.525. The van der Waals surface area contributed by atoms with Gasteiger partial charge in [-0.15, -0.1) is 0 Å². The number of nitrogens with zero attached hydrogens (tertiary/aromatic N) is 1. The number of nitriles is 1. The first kappa shape index (κ1) is 5.52. The Morgan fingerprint density at radius 3 is 2.50 bits per heavy atom. The van der Waals surface area contributed by atoms with E-state index < -0.39 is 0 Å². The first-order valence-corrected chi connectivity index (χ1v) is 1.87. The molecule has 0 aliphatic rings. The van der Waals surface area contributed by atoms with Crippen LogP contribution >= 0.6 is 11.6 Å². The number of allylic oxidation sites excluding steroid dienone is 2. The van der Waals surface area contributed by atoms with E-state index in [4.69, 9.17) is 16.9 Å². The molecule has 6 heavy (non-hydrogen) atoms. The van der Waals surface area contributed by atoms with Gasteiger partial charge in [0.05, 0.1) is 6.07 Å². The van der Waals surface area contributed by atoms with Crippen molar-refractivity contribution in [1.82, 2.24) is 0 Å². The molecular weight excluding hydrogens is 97.5 g/mol. The van der Waals surface area contributed by atoms with E-state index in [0.29, 0.717) is 5.03 Å². The van der Waals surface area contributed by atoms with E-state index in [9.17, 15) is 0 Å². The molecule has 0 bridgehead atoms. The average molecular weight is 102 g/mol. The lowest BCUT2D eigenvalue weighted by molar-refractivity contribution is 1.52. The highest BCUT2D eigenvalue weighted by Crippen LogP contribution is 1.93. The lowest BCUT2D eigenvalue weighted by Gasteiger charge is -1.68. The smallest absolute Gasteiger partial charge is 0.0924 e. The molecule has 0 saturated carbocycles. The van der Waals surface area contributed by atoms with Gasteiger partial charge in [0.25, 0.3) is 0 Å². The van der Waals surface area contributed by atoms with Crippen molar-refractivity contribution in [3.8, 4) is 6.07 Å². The molecule has 0 unspecified atom stereocenters. The van der Waals surface area contributed by atoms with Crippen LogP contribution in [0.3, 0.4) is 0 Å². The van der Waals surface area contributed by atoms with Gasteiger partial charge in [0, 0.05) is 11.1 Å². The molecule has 0 aromatic rings. The van der Waals surface area contributed by atoms with E-state index >= 15 is 0 Å². The summed E-state index contributed by atoms with van der Waals surface area (Å²) in [5.41, 5.74) is 0. The summed E-state index contributed by atoms with van der Waals surface area (Å²) in [4.78, 5) is 0. The Kier molecular flexibility index (Phi) is 2.52. The van der Waals surface area contributed by atoms with Crippen LogP contribution in [0.15, 0.2) is 11.1 Å². The number of hydrogen-bond acceptors (Lipinski definition) is 1. The molecule has 1 nitrogen and oxygen atoms in total. The van der Waals surface area contributed by atoms with Crippen molar-refractivity contribution in [3.63, 3.8) is 0 Å². The first-order valence-electron chi connectivity index (χ1n) is 1.49. The molecular formula is C4H4ClN. The predicted octanol–water partition coefficient (Wildman–Crippen LogP) is 1.65. The monoisotopic (exact) mass is 101 g/mol. The van der Waals surface area contributed by atoms with Crippen molar-refractivity contribution < 1.29 is 0 Å². The molecule has 0 heterocycles. The van der Waals surface area contributed by atoms with Crippen LogP contribution in [0.5, 0.6) is 0 Å². The van der Waals surface area contributed by atoms with E-state index in [1.807, 2.05) is 0 Å². The third kappa shape index (κ3) is 3.52. The molecule has 0 atom stereocenters. The minimum Gasteiger partial charge on any atom is -0.193 e. The van der Waals surface area contributed by atoms with Gasteiger partial charge >= 0.3 is 0 Å². The summed E-state index contributed by atoms with van der Waals surface area (Å²) in [5, 5.41) is 8.35. The van der Waals surface area contributed by atoms with Crippen LogP contribution in [-0.4, -0.2) is 0 Å². The van der Waals surface area contributed by atoms with Gasteiger partial charge in [0.15, 0.2) is 0 Å². The normalized spacial score (nSPS) is 10.5. The van der Waals surface area contributed by atoms with Crippen LogP contribution in [0.2, 0.25) is 0 Å². The van der Waals surface area contributed by atoms with Gasteiger partial charge in [0.1, 0.15) is 0 Å². The van der Waals surface area contributed by atoms with Gasteiger partial charge in [-0.25, -0.2) is 0 Å². The molecule has 0 amide bonds. The molecule has 0 aromatic heterocycles. The minimum absolute atomic E-state index is 0.525. The molecule has 0 saturated heterocycles. The molecule has 2 heteroatoms. The summed E-state index contributed by atoms with van der Waals surface area (Å²) in [5.74, 6) is 0. The van der Waals surface area contributed by atoms with Gasteiger partial charge < -0.3 is 0 Å². The summed E-state index contributed by atoms with van der Waals surface area (Å²) in [6.45, 7) is 1.66. The topological polar surface area (TPSA) is 23.8 Å². The number of rotatable bonds is 0. The largest absolute Gasteiger partial charge is 0.193 e. The van der Waals surface area contributed by atoms with E-state index in [0.717, 1.165) is 0 Å². The average Bonchev–Trinajstić information content (AvgIpc) is 1.35. The highest BCUT2D eigenvalue weighted by Gasteiger charge is 1.69. The molecule has 0 aliphatic heterocycles. The Balaban J connectivity index is 3.51. The van der Waals surface area contributed by atoms with Gasteiger partial charge in [-0.1, -0.05) is 11.6 Å². The quantitative estimate of drug-likeness (QED) is 0.426. The van der Waals surface area contributed by atoms with Crippen LogP contribution in [0.25, 0.3) is 0 Å². The third-order valence-electron chi connectivity index (χ3n) is 0.263. The second-order valence-corrected chi connectivity index (χ2v) is 1.46. The molecule has 0 aromatic carbocycles. The van der Waals surface area contributed by atoms with Crippen molar-refractivity contribution in [3.05, 3.63) is 11.1 Å². The Labute approximate surface area is 41.8 Å². The Morgan fingerprint density at radius 2 is 2.50 bits per heavy atom. The lowest BCUT2D eigenvalue weighted by atomic mass is 10.6. The van der Waals surface area contributed by atoms with Crippen molar-refractivity contribution in [2.24, 2.45) is 0 Å². The van der Waals surface area contributed by atoms with Crippen molar-refractivity contribution >= 4 is 11.6 Å². The third-order valence-corrected chi connectivity index (χ3v) is 0.373. The molecule has 32 valence electrons. The fraction of sp³-hybridized carbons (Fsp3) is 0.250. The second kappa shape index (κ2) is 2.74. The van der Waals surface area contributed by atoms with Crippen LogP contribution in [0, 0.1) is 11.3 Å². The fourth-order valence-corrected chi connectivity index (χ4v) is 0.138. The van der Waals surface area contributed by atoms with Crippen molar-refractivity contribution in [2.75, 3.05) is 0 Å². The van der Waals surface area contributed by atoms with Crippen LogP contribution in [0.1, 0.15) is 6.92 Å². The van der Waals surface area contributed by atoms with Crippen LogP contribution < -0.4 is 0 Å². The highest BCUT2D eigenvalue weighted by atomic mass is 35.5. The molecule has 0 spiro atoms. The van der Waals surface area contributed by atoms with Crippen LogP contribution in [0.4, 0.5) is 0 Å². The Hall–Kier alpha value is -0.480. The van der Waals surface area contributed by atoms with Crippen molar-refractivity contribution in [2.45, 2.75) is 6.92 Å². The maximum atomic E-state index is 7.83. The van der Waals surface area contributed by atoms with E-state index in [1.165, 1.54) is 6.08 Å². The molecule has 0 rings (SSSR count). The summed E-state index contributed by atoms with van der Waals surface area (Å²) in [6, 6.07) is 1.77. The summed E-state index contributed by atoms with van der Waals surface area (Å²) in [7, 11) is 0. The number of hydrogen-bond donors (Lipinski definition) is 0. The number of halogens is 1. The van der Waals surface area contributed by atoms with E-state index in [2.05, 4.69) is 0 Å². The first-order chi connectivity index (χ1) is 2.77. The summed E-state index contributed by atoms with van der Waals surface area (Å²) in [6.07, 6.45) is 1.28. The standard InChI is InChI=1S/C4H4ClN/c1-4(5)2-3-6/h2H,1H3/b4-2+. The molecule has 0 aliphatic carbocycles. The molecule has 0 radical (unpaired) electrons. The fourth-order valence-electron chi connectivity index (χ4n) is 0.0889. The zero-order chi connectivity index (χ0) is 4.99. The zero-order valence-corrected chi connectivity index (χ0v) is 4.16. The van der Waals surface area contributed by atoms with E-state index in [1.54, 1.807) is 13.0 Å². The van der Waals surface area contributed by atoms with Gasteiger partial charge in [-0.05, 0) is 6.92 Å². The molecule has 0 N–H and O–H groups in total. The van der Waals surface area contributed by atoms with E-state index in [-0.39, 0.29) is 0 Å². The van der Waals surface area contributed by atoms with Gasteiger partial charge in [-0.3, -0.25) is 0 Å². The van der Waals surface area contributed by atoms with Gasteiger partial charge in [-0.2, -0.15) is 5.26 Å². The SMILES string of the molecule is C/C(Cl)=C\C#N.